The SMILES string of the molecule is COc1cccc(CCNC(=O)c2ccc(C(=O)Nc3ccccc3)cc2)c1. The van der Waals surface area contributed by atoms with E-state index in [4.69, 9.17) is 4.74 Å². The van der Waals surface area contributed by atoms with E-state index in [1.165, 1.54) is 0 Å². The lowest BCUT2D eigenvalue weighted by Gasteiger charge is -2.08. The summed E-state index contributed by atoms with van der Waals surface area (Å²) in [4.78, 5) is 24.5. The summed E-state index contributed by atoms with van der Waals surface area (Å²) in [5.41, 5.74) is 2.83. The Labute approximate surface area is 164 Å². The Balaban J connectivity index is 1.52. The molecular weight excluding hydrogens is 352 g/mol. The number of amides is 2. The topological polar surface area (TPSA) is 67.4 Å². The van der Waals surface area contributed by atoms with E-state index in [1.807, 2.05) is 54.6 Å². The molecule has 2 N–H and O–H groups in total. The number of hydrogen-bond donors (Lipinski definition) is 2. The van der Waals surface area contributed by atoms with Gasteiger partial charge in [0, 0.05) is 23.4 Å². The number of nitrogens with one attached hydrogen (secondary N) is 2. The van der Waals surface area contributed by atoms with Gasteiger partial charge in [0.05, 0.1) is 7.11 Å². The average Bonchev–Trinajstić information content (AvgIpc) is 2.74. The zero-order valence-electron chi connectivity index (χ0n) is 15.6. The van der Waals surface area contributed by atoms with Crippen molar-refractivity contribution in [3.8, 4) is 5.75 Å². The number of carbonyl (C=O) groups excluding carboxylic acids is 2. The molecule has 3 aromatic carbocycles. The Morgan fingerprint density at radius 1 is 0.821 bits per heavy atom. The molecule has 2 amide bonds. The molecule has 28 heavy (non-hydrogen) atoms. The molecule has 0 saturated carbocycles. The van der Waals surface area contributed by atoms with Crippen molar-refractivity contribution in [1.82, 2.24) is 5.32 Å². The molecule has 5 nitrogen and oxygen atoms in total. The van der Waals surface area contributed by atoms with Crippen LogP contribution in [0.4, 0.5) is 5.69 Å². The first-order valence-electron chi connectivity index (χ1n) is 9.03. The van der Waals surface area contributed by atoms with Gasteiger partial charge in [-0.3, -0.25) is 9.59 Å². The maximum absolute atomic E-state index is 12.3. The number of rotatable bonds is 7. The van der Waals surface area contributed by atoms with Crippen LogP contribution in [-0.2, 0) is 6.42 Å². The van der Waals surface area contributed by atoms with Gasteiger partial charge in [-0.1, -0.05) is 30.3 Å². The van der Waals surface area contributed by atoms with Gasteiger partial charge in [0.2, 0.25) is 0 Å². The van der Waals surface area contributed by atoms with Crippen molar-refractivity contribution in [1.29, 1.82) is 0 Å². The van der Waals surface area contributed by atoms with Crippen molar-refractivity contribution in [3.05, 3.63) is 95.6 Å². The lowest BCUT2D eigenvalue weighted by atomic mass is 10.1. The molecule has 0 heterocycles. The van der Waals surface area contributed by atoms with Gasteiger partial charge in [0.25, 0.3) is 11.8 Å². The fourth-order valence-electron chi connectivity index (χ4n) is 2.75. The number of benzene rings is 3. The number of hydrogen-bond acceptors (Lipinski definition) is 3. The quantitative estimate of drug-likeness (QED) is 0.659. The predicted octanol–water partition coefficient (Wildman–Crippen LogP) is 3.92. The van der Waals surface area contributed by atoms with Crippen molar-refractivity contribution in [2.45, 2.75) is 6.42 Å². The van der Waals surface area contributed by atoms with Crippen LogP contribution in [0.2, 0.25) is 0 Å². The largest absolute Gasteiger partial charge is 0.497 e. The van der Waals surface area contributed by atoms with Crippen molar-refractivity contribution in [3.63, 3.8) is 0 Å². The first kappa shape index (κ1) is 19.2. The third-order valence-electron chi connectivity index (χ3n) is 4.27. The smallest absolute Gasteiger partial charge is 0.255 e. The number of methoxy groups -OCH3 is 1. The number of ether oxygens (including phenoxy) is 1. The molecule has 0 aliphatic rings. The molecule has 3 aromatic rings. The van der Waals surface area contributed by atoms with Crippen LogP contribution in [0, 0.1) is 0 Å². The van der Waals surface area contributed by atoms with Crippen LogP contribution < -0.4 is 15.4 Å². The fraction of sp³-hybridized carbons (Fsp3) is 0.130. The molecule has 5 heteroatoms. The molecule has 0 aliphatic heterocycles. The third-order valence-corrected chi connectivity index (χ3v) is 4.27. The van der Waals surface area contributed by atoms with Gasteiger partial charge in [-0.25, -0.2) is 0 Å². The molecule has 0 radical (unpaired) electrons. The Morgan fingerprint density at radius 2 is 1.50 bits per heavy atom. The first-order valence-corrected chi connectivity index (χ1v) is 9.03. The van der Waals surface area contributed by atoms with Crippen LogP contribution in [0.1, 0.15) is 26.3 Å². The molecule has 0 fully saturated rings. The van der Waals surface area contributed by atoms with Gasteiger partial charge in [0.1, 0.15) is 5.75 Å². The maximum atomic E-state index is 12.3. The number of carbonyl (C=O) groups is 2. The molecular formula is C23H22N2O3. The van der Waals surface area contributed by atoms with E-state index in [9.17, 15) is 9.59 Å². The average molecular weight is 374 g/mol. The van der Waals surface area contributed by atoms with Gasteiger partial charge in [-0.2, -0.15) is 0 Å². The minimum atomic E-state index is -0.212. The summed E-state index contributed by atoms with van der Waals surface area (Å²) in [6, 6.07) is 23.6. The second kappa shape index (κ2) is 9.37. The third kappa shape index (κ3) is 5.20. The van der Waals surface area contributed by atoms with Crippen LogP contribution in [0.15, 0.2) is 78.9 Å². The van der Waals surface area contributed by atoms with E-state index in [0.29, 0.717) is 24.1 Å². The normalized spacial score (nSPS) is 10.2. The van der Waals surface area contributed by atoms with Crippen LogP contribution in [-0.4, -0.2) is 25.5 Å². The summed E-state index contributed by atoms with van der Waals surface area (Å²) in [7, 11) is 1.63. The molecule has 142 valence electrons. The Bertz CT molecular complexity index is 938. The Kier molecular flexibility index (Phi) is 6.41. The fourth-order valence-corrected chi connectivity index (χ4v) is 2.75. The molecule has 0 spiro atoms. The maximum Gasteiger partial charge on any atom is 0.255 e. The standard InChI is InChI=1S/C23H22N2O3/c1-28-21-9-5-6-17(16-21)14-15-24-22(26)18-10-12-19(13-11-18)23(27)25-20-7-3-2-4-8-20/h2-13,16H,14-15H2,1H3,(H,24,26)(H,25,27). The summed E-state index contributed by atoms with van der Waals surface area (Å²) >= 11 is 0. The van der Waals surface area contributed by atoms with Gasteiger partial charge < -0.3 is 15.4 Å². The van der Waals surface area contributed by atoms with Gasteiger partial charge in [0.15, 0.2) is 0 Å². The van der Waals surface area contributed by atoms with Crippen LogP contribution in [0.5, 0.6) is 5.75 Å². The highest BCUT2D eigenvalue weighted by molar-refractivity contribution is 6.05. The van der Waals surface area contributed by atoms with E-state index >= 15 is 0 Å². The number of anilines is 1. The molecule has 0 aromatic heterocycles. The van der Waals surface area contributed by atoms with Gasteiger partial charge in [-0.15, -0.1) is 0 Å². The Morgan fingerprint density at radius 3 is 2.18 bits per heavy atom. The second-order valence-electron chi connectivity index (χ2n) is 6.25. The van der Waals surface area contributed by atoms with Gasteiger partial charge >= 0.3 is 0 Å². The highest BCUT2D eigenvalue weighted by Gasteiger charge is 2.09. The minimum absolute atomic E-state index is 0.169. The highest BCUT2D eigenvalue weighted by Crippen LogP contribution is 2.13. The Hall–Kier alpha value is -3.60. The van der Waals surface area contributed by atoms with E-state index < -0.39 is 0 Å². The molecule has 0 unspecified atom stereocenters. The zero-order valence-corrected chi connectivity index (χ0v) is 15.6. The van der Waals surface area contributed by atoms with Crippen molar-refractivity contribution >= 4 is 17.5 Å². The lowest BCUT2D eigenvalue weighted by Crippen LogP contribution is -2.25. The monoisotopic (exact) mass is 374 g/mol. The van der Waals surface area contributed by atoms with Crippen LogP contribution in [0.25, 0.3) is 0 Å². The van der Waals surface area contributed by atoms with Gasteiger partial charge in [-0.05, 0) is 60.5 Å². The molecule has 0 saturated heterocycles. The van der Waals surface area contributed by atoms with Crippen LogP contribution >= 0.6 is 0 Å². The molecule has 0 aliphatic carbocycles. The highest BCUT2D eigenvalue weighted by atomic mass is 16.5. The summed E-state index contributed by atoms with van der Waals surface area (Å²) < 4.78 is 5.20. The minimum Gasteiger partial charge on any atom is -0.497 e. The first-order chi connectivity index (χ1) is 13.7. The summed E-state index contributed by atoms with van der Waals surface area (Å²) in [6.07, 6.45) is 0.709. The van der Waals surface area contributed by atoms with E-state index in [0.717, 1.165) is 17.0 Å². The number of para-hydroxylation sites is 1. The van der Waals surface area contributed by atoms with Crippen LogP contribution in [0.3, 0.4) is 0 Å². The predicted molar refractivity (Wildman–Crippen MR) is 110 cm³/mol. The summed E-state index contributed by atoms with van der Waals surface area (Å²) in [6.45, 7) is 0.516. The lowest BCUT2D eigenvalue weighted by molar-refractivity contribution is 0.0952. The summed E-state index contributed by atoms with van der Waals surface area (Å²) in [5.74, 6) is 0.419. The van der Waals surface area contributed by atoms with E-state index in [1.54, 1.807) is 31.4 Å². The second-order valence-corrected chi connectivity index (χ2v) is 6.25. The van der Waals surface area contributed by atoms with E-state index in [2.05, 4.69) is 10.6 Å². The summed E-state index contributed by atoms with van der Waals surface area (Å²) in [5, 5.41) is 5.71. The molecule has 0 atom stereocenters. The zero-order chi connectivity index (χ0) is 19.8. The van der Waals surface area contributed by atoms with E-state index in [-0.39, 0.29) is 11.8 Å². The van der Waals surface area contributed by atoms with Crippen molar-refractivity contribution < 1.29 is 14.3 Å². The van der Waals surface area contributed by atoms with Crippen molar-refractivity contribution in [2.24, 2.45) is 0 Å². The van der Waals surface area contributed by atoms with Crippen molar-refractivity contribution in [2.75, 3.05) is 19.0 Å². The molecule has 0 bridgehead atoms. The molecule has 3 rings (SSSR count).